The molecule has 2 heterocycles. The highest BCUT2D eigenvalue weighted by Crippen LogP contribution is 2.22. The number of pyridine rings is 1. The molecule has 1 unspecified atom stereocenters. The van der Waals surface area contributed by atoms with Gasteiger partial charge in [-0.05, 0) is 28.1 Å². The van der Waals surface area contributed by atoms with Crippen LogP contribution in [-0.2, 0) is 4.79 Å². The van der Waals surface area contributed by atoms with E-state index in [9.17, 15) is 9.59 Å². The van der Waals surface area contributed by atoms with Crippen molar-refractivity contribution in [2.75, 3.05) is 18.1 Å². The zero-order chi connectivity index (χ0) is 13.1. The number of rotatable bonds is 2. The number of carbonyl (C=O) groups is 2. The lowest BCUT2D eigenvalue weighted by atomic mass is 10.2. The van der Waals surface area contributed by atoms with Crippen molar-refractivity contribution < 1.29 is 14.7 Å². The maximum Gasteiger partial charge on any atom is 0.327 e. The zero-order valence-corrected chi connectivity index (χ0v) is 11.8. The molecule has 96 valence electrons. The Kier molecular flexibility index (Phi) is 4.23. The summed E-state index contributed by atoms with van der Waals surface area (Å²) < 4.78 is 0.442. The number of amides is 1. The van der Waals surface area contributed by atoms with Gasteiger partial charge in [-0.25, -0.2) is 9.78 Å². The molecule has 0 saturated carbocycles. The number of halogens is 1. The normalized spacial score (nSPS) is 19.6. The number of carbonyl (C=O) groups excluding carboxylic acids is 1. The summed E-state index contributed by atoms with van der Waals surface area (Å²) in [5.41, 5.74) is 0.399. The molecule has 1 N–H and O–H groups in total. The van der Waals surface area contributed by atoms with Crippen molar-refractivity contribution in [2.24, 2.45) is 0 Å². The zero-order valence-electron chi connectivity index (χ0n) is 9.38. The third kappa shape index (κ3) is 2.67. The predicted octanol–water partition coefficient (Wildman–Crippen LogP) is 1.49. The SMILES string of the molecule is O=C(O)C1CSCCN1C(=O)c1cccnc1Br. The summed E-state index contributed by atoms with van der Waals surface area (Å²) in [7, 11) is 0. The number of aliphatic carboxylic acids is 1. The quantitative estimate of drug-likeness (QED) is 0.832. The maximum absolute atomic E-state index is 12.3. The van der Waals surface area contributed by atoms with Gasteiger partial charge in [0.15, 0.2) is 0 Å². The molecule has 0 bridgehead atoms. The van der Waals surface area contributed by atoms with Crippen molar-refractivity contribution in [1.29, 1.82) is 0 Å². The summed E-state index contributed by atoms with van der Waals surface area (Å²) in [5.74, 6) is -0.0648. The summed E-state index contributed by atoms with van der Waals surface area (Å²) in [6.45, 7) is 0.446. The smallest absolute Gasteiger partial charge is 0.327 e. The minimum absolute atomic E-state index is 0.289. The molecule has 5 nitrogen and oxygen atoms in total. The topological polar surface area (TPSA) is 70.5 Å². The van der Waals surface area contributed by atoms with Gasteiger partial charge in [0.2, 0.25) is 0 Å². The van der Waals surface area contributed by atoms with Crippen LogP contribution in [0.2, 0.25) is 0 Å². The second-order valence-corrected chi connectivity index (χ2v) is 5.67. The Hall–Kier alpha value is -1.08. The minimum atomic E-state index is -0.962. The summed E-state index contributed by atoms with van der Waals surface area (Å²) in [6.07, 6.45) is 1.57. The van der Waals surface area contributed by atoms with Crippen molar-refractivity contribution >= 4 is 39.6 Å². The van der Waals surface area contributed by atoms with E-state index in [1.54, 1.807) is 30.1 Å². The number of thioether (sulfide) groups is 1. The molecule has 1 amide bonds. The van der Waals surface area contributed by atoms with Crippen LogP contribution < -0.4 is 0 Å². The first kappa shape index (κ1) is 13.4. The average Bonchev–Trinajstić information content (AvgIpc) is 2.38. The highest BCUT2D eigenvalue weighted by atomic mass is 79.9. The fourth-order valence-corrected chi connectivity index (χ4v) is 3.21. The fourth-order valence-electron chi connectivity index (χ4n) is 1.75. The van der Waals surface area contributed by atoms with Gasteiger partial charge in [0, 0.05) is 24.2 Å². The lowest BCUT2D eigenvalue weighted by molar-refractivity contribution is -0.141. The van der Waals surface area contributed by atoms with Crippen molar-refractivity contribution in [1.82, 2.24) is 9.88 Å². The molecule has 1 aliphatic rings. The molecule has 7 heteroatoms. The van der Waals surface area contributed by atoms with Gasteiger partial charge < -0.3 is 10.0 Å². The first-order valence-corrected chi connectivity index (χ1v) is 7.28. The van der Waals surface area contributed by atoms with E-state index in [1.807, 2.05) is 0 Å². The molecule has 0 aromatic carbocycles. The van der Waals surface area contributed by atoms with Crippen LogP contribution in [0.5, 0.6) is 0 Å². The van der Waals surface area contributed by atoms with E-state index >= 15 is 0 Å². The molecule has 0 spiro atoms. The van der Waals surface area contributed by atoms with E-state index in [0.717, 1.165) is 5.75 Å². The molecule has 1 atom stereocenters. The third-order valence-electron chi connectivity index (χ3n) is 2.66. The lowest BCUT2D eigenvalue weighted by Crippen LogP contribution is -2.50. The van der Waals surface area contributed by atoms with Crippen LogP contribution >= 0.6 is 27.7 Å². The summed E-state index contributed by atoms with van der Waals surface area (Å²) in [6, 6.07) is 2.54. The van der Waals surface area contributed by atoms with Crippen molar-refractivity contribution in [3.05, 3.63) is 28.5 Å². The van der Waals surface area contributed by atoms with Crippen molar-refractivity contribution in [2.45, 2.75) is 6.04 Å². The Bertz CT molecular complexity index is 483. The van der Waals surface area contributed by atoms with Crippen molar-refractivity contribution in [3.8, 4) is 0 Å². The van der Waals surface area contributed by atoms with E-state index in [2.05, 4.69) is 20.9 Å². The van der Waals surface area contributed by atoms with Crippen LogP contribution in [-0.4, -0.2) is 51.0 Å². The Morgan fingerprint density at radius 2 is 2.33 bits per heavy atom. The standard InChI is InChI=1S/C11H11BrN2O3S/c12-9-7(2-1-3-13-9)10(15)14-4-5-18-6-8(14)11(16)17/h1-3,8H,4-6H2,(H,16,17). The molecule has 0 aliphatic carbocycles. The van der Waals surface area contributed by atoms with E-state index < -0.39 is 12.0 Å². The van der Waals surface area contributed by atoms with Crippen molar-refractivity contribution in [3.63, 3.8) is 0 Å². The van der Waals surface area contributed by atoms with Gasteiger partial charge in [-0.15, -0.1) is 0 Å². The molecule has 1 aromatic heterocycles. The monoisotopic (exact) mass is 330 g/mol. The van der Waals surface area contributed by atoms with E-state index in [1.165, 1.54) is 4.90 Å². The van der Waals surface area contributed by atoms with Crippen LogP contribution in [0.1, 0.15) is 10.4 Å². The van der Waals surface area contributed by atoms with Gasteiger partial charge in [0.05, 0.1) is 5.56 Å². The number of carboxylic acids is 1. The van der Waals surface area contributed by atoms with Gasteiger partial charge in [0.1, 0.15) is 10.6 Å². The van der Waals surface area contributed by atoms with Gasteiger partial charge in [-0.2, -0.15) is 11.8 Å². The van der Waals surface area contributed by atoms with Gasteiger partial charge >= 0.3 is 5.97 Å². The van der Waals surface area contributed by atoms with Gasteiger partial charge in [0.25, 0.3) is 5.91 Å². The number of carboxylic acid groups (broad SMARTS) is 1. The summed E-state index contributed by atoms with van der Waals surface area (Å²) in [4.78, 5) is 28.9. The number of hydrogen-bond acceptors (Lipinski definition) is 4. The van der Waals surface area contributed by atoms with E-state index in [-0.39, 0.29) is 5.91 Å². The molecular weight excluding hydrogens is 320 g/mol. The second kappa shape index (κ2) is 5.71. The Morgan fingerprint density at radius 1 is 1.56 bits per heavy atom. The molecule has 1 aliphatic heterocycles. The minimum Gasteiger partial charge on any atom is -0.480 e. The second-order valence-electron chi connectivity index (χ2n) is 3.77. The third-order valence-corrected chi connectivity index (χ3v) is 4.32. The first-order chi connectivity index (χ1) is 8.61. The molecular formula is C11H11BrN2O3S. The van der Waals surface area contributed by atoms with E-state index in [4.69, 9.17) is 5.11 Å². The van der Waals surface area contributed by atoms with Crippen LogP contribution in [0.4, 0.5) is 0 Å². The summed E-state index contributed by atoms with van der Waals surface area (Å²) >= 11 is 4.76. The molecule has 1 saturated heterocycles. The molecule has 1 aromatic rings. The first-order valence-electron chi connectivity index (χ1n) is 5.33. The highest BCUT2D eigenvalue weighted by Gasteiger charge is 2.33. The van der Waals surface area contributed by atoms with E-state index in [0.29, 0.717) is 22.5 Å². The van der Waals surface area contributed by atoms with Gasteiger partial charge in [-0.3, -0.25) is 4.79 Å². The molecule has 2 rings (SSSR count). The molecule has 18 heavy (non-hydrogen) atoms. The Labute approximate surface area is 117 Å². The largest absolute Gasteiger partial charge is 0.480 e. The number of hydrogen-bond donors (Lipinski definition) is 1. The number of aromatic nitrogens is 1. The van der Waals surface area contributed by atoms with Crippen LogP contribution in [0.3, 0.4) is 0 Å². The average molecular weight is 331 g/mol. The summed E-state index contributed by atoms with van der Waals surface area (Å²) in [5, 5.41) is 9.14. The Balaban J connectivity index is 2.27. The number of nitrogens with zero attached hydrogens (tertiary/aromatic N) is 2. The van der Waals surface area contributed by atoms with Crippen LogP contribution in [0.15, 0.2) is 22.9 Å². The molecule has 0 radical (unpaired) electrons. The van der Waals surface area contributed by atoms with Crippen LogP contribution in [0.25, 0.3) is 0 Å². The maximum atomic E-state index is 12.3. The fraction of sp³-hybridized carbons (Fsp3) is 0.364. The van der Waals surface area contributed by atoms with Crippen LogP contribution in [0, 0.1) is 0 Å². The predicted molar refractivity (Wildman–Crippen MR) is 71.7 cm³/mol. The highest BCUT2D eigenvalue weighted by molar-refractivity contribution is 9.10. The Morgan fingerprint density at radius 3 is 3.00 bits per heavy atom. The lowest BCUT2D eigenvalue weighted by Gasteiger charge is -2.32. The van der Waals surface area contributed by atoms with Gasteiger partial charge in [-0.1, -0.05) is 0 Å². The molecule has 1 fully saturated rings.